The van der Waals surface area contributed by atoms with Gasteiger partial charge in [-0.3, -0.25) is 4.40 Å². The number of methoxy groups -OCH3 is 1. The van der Waals surface area contributed by atoms with E-state index in [4.69, 9.17) is 14.7 Å². The second-order valence-electron chi connectivity index (χ2n) is 7.69. The van der Waals surface area contributed by atoms with E-state index >= 15 is 0 Å². The Balaban J connectivity index is 1.52. The van der Waals surface area contributed by atoms with Crippen LogP contribution in [0.15, 0.2) is 42.0 Å². The third kappa shape index (κ3) is 4.07. The molecule has 1 amide bonds. The lowest BCUT2D eigenvalue weighted by Gasteiger charge is -2.31. The van der Waals surface area contributed by atoms with Gasteiger partial charge in [0.1, 0.15) is 5.69 Å². The fourth-order valence-corrected chi connectivity index (χ4v) is 4.76. The van der Waals surface area contributed by atoms with Crippen LogP contribution in [-0.2, 0) is 0 Å². The average molecular weight is 469 g/mol. The molecule has 1 aromatic carbocycles. The second-order valence-corrected chi connectivity index (χ2v) is 8.56. The lowest BCUT2D eigenvalue weighted by Crippen LogP contribution is -2.44. The summed E-state index contributed by atoms with van der Waals surface area (Å²) in [6.07, 6.45) is 4.25. The van der Waals surface area contributed by atoms with Crippen LogP contribution in [-0.4, -0.2) is 61.7 Å². The summed E-state index contributed by atoms with van der Waals surface area (Å²) < 4.78 is 21.1. The van der Waals surface area contributed by atoms with Gasteiger partial charge in [0.25, 0.3) is 0 Å². The zero-order chi connectivity index (χ0) is 22.9. The van der Waals surface area contributed by atoms with Crippen molar-refractivity contribution < 1.29 is 19.0 Å². The molecule has 1 aliphatic rings. The van der Waals surface area contributed by atoms with Gasteiger partial charge < -0.3 is 20.1 Å². The summed E-state index contributed by atoms with van der Waals surface area (Å²) in [5, 5.41) is 14.5. The number of aromatic nitrogens is 4. The Kier molecular flexibility index (Phi) is 5.55. The fraction of sp³-hybridized carbons (Fsp3) is 0.273. The number of hydrogen-bond donors (Lipinski definition) is 2. The van der Waals surface area contributed by atoms with Crippen molar-refractivity contribution in [2.45, 2.75) is 18.9 Å². The van der Waals surface area contributed by atoms with Crippen LogP contribution in [0.3, 0.4) is 0 Å². The Morgan fingerprint density at radius 2 is 2.21 bits per heavy atom. The number of carboxylic acid groups (broad SMARTS) is 1. The number of fused-ring (bicyclic) bond motifs is 1. The molecule has 5 rings (SSSR count). The zero-order valence-electron chi connectivity index (χ0n) is 17.7. The minimum absolute atomic E-state index is 0.0717. The first kappa shape index (κ1) is 21.1. The first-order chi connectivity index (χ1) is 16.0. The molecule has 0 spiro atoms. The van der Waals surface area contributed by atoms with Gasteiger partial charge in [0, 0.05) is 42.5 Å². The van der Waals surface area contributed by atoms with Gasteiger partial charge in [-0.05, 0) is 37.1 Å². The number of thiazole rings is 1. The number of imidazole rings is 1. The molecule has 1 aliphatic heterocycles. The van der Waals surface area contributed by atoms with Crippen molar-refractivity contribution in [1.29, 1.82) is 0 Å². The molecule has 2 N–H and O–H groups in total. The summed E-state index contributed by atoms with van der Waals surface area (Å²) in [5.41, 5.74) is 2.75. The van der Waals surface area contributed by atoms with Crippen LogP contribution >= 0.6 is 11.3 Å². The maximum absolute atomic E-state index is 14.0. The number of ether oxygens (including phenoxy) is 1. The molecule has 11 heteroatoms. The number of halogens is 1. The molecule has 1 saturated heterocycles. The highest BCUT2D eigenvalue weighted by atomic mass is 32.1. The van der Waals surface area contributed by atoms with Crippen LogP contribution in [0.4, 0.5) is 15.1 Å². The maximum Gasteiger partial charge on any atom is 0.407 e. The number of carbonyl (C=O) groups is 1. The maximum atomic E-state index is 14.0. The molecule has 1 fully saturated rings. The van der Waals surface area contributed by atoms with Crippen molar-refractivity contribution in [2.75, 3.05) is 25.5 Å². The van der Waals surface area contributed by atoms with E-state index in [1.165, 1.54) is 29.4 Å². The number of amides is 1. The number of rotatable bonds is 5. The second kappa shape index (κ2) is 8.66. The van der Waals surface area contributed by atoms with Gasteiger partial charge in [0.15, 0.2) is 16.5 Å². The Labute approximate surface area is 192 Å². The number of benzene rings is 1. The molecule has 9 nitrogen and oxygen atoms in total. The Morgan fingerprint density at radius 1 is 1.33 bits per heavy atom. The minimum Gasteiger partial charge on any atom is -0.494 e. The van der Waals surface area contributed by atoms with Crippen LogP contribution in [0.1, 0.15) is 12.8 Å². The van der Waals surface area contributed by atoms with Crippen LogP contribution in [0.25, 0.3) is 27.6 Å². The molecule has 0 radical (unpaired) electrons. The van der Waals surface area contributed by atoms with Gasteiger partial charge in [0.2, 0.25) is 5.95 Å². The van der Waals surface area contributed by atoms with Crippen LogP contribution in [0.2, 0.25) is 0 Å². The lowest BCUT2D eigenvalue weighted by atomic mass is 10.1. The number of nitrogens with one attached hydrogen (secondary N) is 1. The Hall–Kier alpha value is -3.73. The number of piperidine rings is 1. The highest BCUT2D eigenvalue weighted by molar-refractivity contribution is 7.15. The van der Waals surface area contributed by atoms with Crippen molar-refractivity contribution >= 4 is 28.3 Å². The highest BCUT2D eigenvalue weighted by Crippen LogP contribution is 2.35. The molecule has 0 bridgehead atoms. The van der Waals surface area contributed by atoms with E-state index in [-0.39, 0.29) is 11.8 Å². The SMILES string of the molecule is COc1cc(-c2nc3sccn3c2-c2ccnc(N[C@@H]3CCCN(C(=O)O)C3)n2)ccc1F. The largest absolute Gasteiger partial charge is 0.494 e. The molecule has 4 aromatic rings. The Bertz CT molecular complexity index is 1320. The summed E-state index contributed by atoms with van der Waals surface area (Å²) in [6.45, 7) is 0.913. The van der Waals surface area contributed by atoms with Crippen molar-refractivity contribution in [3.8, 4) is 28.4 Å². The van der Waals surface area contributed by atoms with Crippen molar-refractivity contribution in [3.05, 3.63) is 47.9 Å². The predicted molar refractivity (Wildman–Crippen MR) is 122 cm³/mol. The van der Waals surface area contributed by atoms with Gasteiger partial charge in [-0.25, -0.2) is 24.1 Å². The summed E-state index contributed by atoms with van der Waals surface area (Å²) >= 11 is 1.49. The number of hydrogen-bond acceptors (Lipinski definition) is 7. The predicted octanol–water partition coefficient (Wildman–Crippen LogP) is 4.22. The molecule has 0 unspecified atom stereocenters. The summed E-state index contributed by atoms with van der Waals surface area (Å²) in [5.74, 6) is 0.109. The summed E-state index contributed by atoms with van der Waals surface area (Å²) in [4.78, 5) is 27.3. The first-order valence-corrected chi connectivity index (χ1v) is 11.3. The normalized spacial score (nSPS) is 16.2. The molecule has 170 valence electrons. The topological polar surface area (TPSA) is 105 Å². The van der Waals surface area contributed by atoms with E-state index < -0.39 is 11.9 Å². The Morgan fingerprint density at radius 3 is 3.03 bits per heavy atom. The molecular weight excluding hydrogens is 447 g/mol. The standard InChI is InChI=1S/C22H21FN6O3S/c1-32-17-11-13(4-5-15(17)23)18-19(29-9-10-33-21(29)27-18)16-6-7-24-20(26-16)25-14-3-2-8-28(12-14)22(30)31/h4-7,9-11,14H,2-3,8,12H2,1H3,(H,30,31)(H,24,25,26)/t14-/m1/s1. The van der Waals surface area contributed by atoms with Crippen molar-refractivity contribution in [1.82, 2.24) is 24.3 Å². The lowest BCUT2D eigenvalue weighted by molar-refractivity contribution is 0.132. The van der Waals surface area contributed by atoms with Gasteiger partial charge in [0.05, 0.1) is 18.5 Å². The number of nitrogens with zero attached hydrogens (tertiary/aromatic N) is 5. The number of likely N-dealkylation sites (tertiary alicyclic amines) is 1. The van der Waals surface area contributed by atoms with E-state index in [0.717, 1.165) is 23.5 Å². The zero-order valence-corrected chi connectivity index (χ0v) is 18.5. The molecule has 3 aromatic heterocycles. The fourth-order valence-electron chi connectivity index (χ4n) is 4.05. The molecule has 4 heterocycles. The monoisotopic (exact) mass is 468 g/mol. The third-order valence-corrected chi connectivity index (χ3v) is 6.37. The van der Waals surface area contributed by atoms with Crippen molar-refractivity contribution in [3.63, 3.8) is 0 Å². The summed E-state index contributed by atoms with van der Waals surface area (Å²) in [6, 6.07) is 6.36. The minimum atomic E-state index is -0.922. The highest BCUT2D eigenvalue weighted by Gasteiger charge is 2.24. The van der Waals surface area contributed by atoms with Gasteiger partial charge in [-0.1, -0.05) is 0 Å². The van der Waals surface area contributed by atoms with E-state index in [0.29, 0.717) is 36.0 Å². The molecular formula is C22H21FN6O3S. The van der Waals surface area contributed by atoms with Crippen LogP contribution in [0, 0.1) is 5.82 Å². The number of anilines is 1. The van der Waals surface area contributed by atoms with Gasteiger partial charge in [-0.2, -0.15) is 0 Å². The van der Waals surface area contributed by atoms with E-state index in [2.05, 4.69) is 10.3 Å². The molecule has 0 aliphatic carbocycles. The van der Waals surface area contributed by atoms with Crippen LogP contribution < -0.4 is 10.1 Å². The van der Waals surface area contributed by atoms with Crippen molar-refractivity contribution in [2.24, 2.45) is 0 Å². The third-order valence-electron chi connectivity index (χ3n) is 5.61. The molecule has 1 atom stereocenters. The first-order valence-electron chi connectivity index (χ1n) is 10.4. The van der Waals surface area contributed by atoms with E-state index in [1.54, 1.807) is 24.4 Å². The molecule has 33 heavy (non-hydrogen) atoms. The smallest absolute Gasteiger partial charge is 0.407 e. The van der Waals surface area contributed by atoms with Gasteiger partial charge >= 0.3 is 6.09 Å². The van der Waals surface area contributed by atoms with Crippen LogP contribution in [0.5, 0.6) is 5.75 Å². The van der Waals surface area contributed by atoms with Gasteiger partial charge in [-0.15, -0.1) is 11.3 Å². The van der Waals surface area contributed by atoms with E-state index in [1.807, 2.05) is 16.0 Å². The average Bonchev–Trinajstić information content (AvgIpc) is 3.41. The molecule has 0 saturated carbocycles. The quantitative estimate of drug-likeness (QED) is 0.452. The summed E-state index contributed by atoms with van der Waals surface area (Å²) in [7, 11) is 1.42. The van der Waals surface area contributed by atoms with E-state index in [9.17, 15) is 14.3 Å².